The van der Waals surface area contributed by atoms with Crippen LogP contribution in [-0.2, 0) is 6.54 Å². The molecule has 1 aliphatic heterocycles. The molecule has 184 valence electrons. The smallest absolute Gasteiger partial charge is 0.335 e. The van der Waals surface area contributed by atoms with E-state index in [0.29, 0.717) is 46.0 Å². The molecule has 0 atom stereocenters. The molecule has 0 unspecified atom stereocenters. The number of imidazole rings is 1. The fraction of sp³-hybridized carbons (Fsp3) is 0.222. The molecule has 5 rings (SSSR count). The first-order chi connectivity index (χ1) is 17.3. The molecule has 4 aromatic rings. The van der Waals surface area contributed by atoms with Crippen molar-refractivity contribution >= 4 is 34.5 Å². The zero-order chi connectivity index (χ0) is 25.4. The Morgan fingerprint density at radius 1 is 0.889 bits per heavy atom. The maximum atomic E-state index is 13.6. The van der Waals surface area contributed by atoms with Crippen molar-refractivity contribution in [1.29, 1.82) is 0 Å². The van der Waals surface area contributed by atoms with Crippen LogP contribution < -0.4 is 5.69 Å². The summed E-state index contributed by atoms with van der Waals surface area (Å²) in [5, 5.41) is 9.81. The van der Waals surface area contributed by atoms with Gasteiger partial charge in [0.15, 0.2) is 0 Å². The van der Waals surface area contributed by atoms with E-state index in [1.165, 1.54) is 6.07 Å². The first-order valence-corrected chi connectivity index (χ1v) is 12.0. The van der Waals surface area contributed by atoms with Crippen LogP contribution in [0.1, 0.15) is 26.3 Å². The number of amides is 1. The topological polar surface area (TPSA) is 87.8 Å². The molecular formula is C27H25ClN4O4. The van der Waals surface area contributed by atoms with Crippen molar-refractivity contribution in [2.45, 2.75) is 6.54 Å². The highest BCUT2D eigenvalue weighted by atomic mass is 35.5. The van der Waals surface area contributed by atoms with Gasteiger partial charge in [-0.3, -0.25) is 13.9 Å². The number of halogens is 1. The Morgan fingerprint density at radius 2 is 1.61 bits per heavy atom. The monoisotopic (exact) mass is 504 g/mol. The van der Waals surface area contributed by atoms with Crippen molar-refractivity contribution in [3.8, 4) is 5.69 Å². The third-order valence-electron chi connectivity index (χ3n) is 6.57. The van der Waals surface area contributed by atoms with E-state index in [4.69, 9.17) is 11.6 Å². The lowest BCUT2D eigenvalue weighted by Crippen LogP contribution is -2.47. The summed E-state index contributed by atoms with van der Waals surface area (Å²) in [6, 6.07) is 18.8. The third-order valence-corrected chi connectivity index (χ3v) is 6.80. The second kappa shape index (κ2) is 9.64. The largest absolute Gasteiger partial charge is 0.478 e. The average Bonchev–Trinajstić information content (AvgIpc) is 3.14. The third kappa shape index (κ3) is 4.53. The van der Waals surface area contributed by atoms with Gasteiger partial charge in [0.25, 0.3) is 5.91 Å². The van der Waals surface area contributed by atoms with E-state index in [-0.39, 0.29) is 23.7 Å². The minimum Gasteiger partial charge on any atom is -0.478 e. The Bertz CT molecular complexity index is 1520. The number of nitrogens with zero attached hydrogens (tertiary/aromatic N) is 4. The number of benzene rings is 3. The van der Waals surface area contributed by atoms with Crippen molar-refractivity contribution in [3.05, 3.63) is 98.9 Å². The Kier molecular flexibility index (Phi) is 6.38. The highest BCUT2D eigenvalue weighted by Crippen LogP contribution is 2.23. The molecule has 0 aliphatic carbocycles. The quantitative estimate of drug-likeness (QED) is 0.449. The predicted octanol–water partition coefficient (Wildman–Crippen LogP) is 3.58. The van der Waals surface area contributed by atoms with Crippen LogP contribution in [0.4, 0.5) is 0 Å². The lowest BCUT2D eigenvalue weighted by Gasteiger charge is -2.32. The molecule has 3 aromatic carbocycles. The predicted molar refractivity (Wildman–Crippen MR) is 138 cm³/mol. The van der Waals surface area contributed by atoms with Gasteiger partial charge < -0.3 is 14.9 Å². The number of aromatic nitrogens is 2. The average molecular weight is 505 g/mol. The SMILES string of the molecule is CN1CCN(C(=O)c2ccc(-n3c(=O)n(Cc4cccc(C(=O)O)c4)c4ccc(Cl)cc43)cc2)CC1. The molecule has 0 radical (unpaired) electrons. The molecule has 1 aromatic heterocycles. The first kappa shape index (κ1) is 23.8. The fourth-order valence-electron chi connectivity index (χ4n) is 4.56. The van der Waals surface area contributed by atoms with Gasteiger partial charge in [0.1, 0.15) is 0 Å². The van der Waals surface area contributed by atoms with Gasteiger partial charge in [0, 0.05) is 36.8 Å². The molecule has 1 amide bonds. The molecule has 0 saturated carbocycles. The lowest BCUT2D eigenvalue weighted by molar-refractivity contribution is 0.0662. The van der Waals surface area contributed by atoms with Crippen LogP contribution in [0.2, 0.25) is 5.02 Å². The van der Waals surface area contributed by atoms with Gasteiger partial charge in [0.05, 0.1) is 28.8 Å². The fourth-order valence-corrected chi connectivity index (χ4v) is 4.73. The van der Waals surface area contributed by atoms with Gasteiger partial charge in [-0.15, -0.1) is 0 Å². The molecule has 9 heteroatoms. The summed E-state index contributed by atoms with van der Waals surface area (Å²) in [5.74, 6) is -1.05. The molecular weight excluding hydrogens is 480 g/mol. The van der Waals surface area contributed by atoms with E-state index in [1.54, 1.807) is 69.8 Å². The summed E-state index contributed by atoms with van der Waals surface area (Å²) in [4.78, 5) is 42.0. The highest BCUT2D eigenvalue weighted by molar-refractivity contribution is 6.31. The van der Waals surface area contributed by atoms with Crippen molar-refractivity contribution in [3.63, 3.8) is 0 Å². The number of hydrogen-bond donors (Lipinski definition) is 1. The van der Waals surface area contributed by atoms with Crippen molar-refractivity contribution in [2.75, 3.05) is 33.2 Å². The lowest BCUT2D eigenvalue weighted by atomic mass is 10.1. The molecule has 1 fully saturated rings. The molecule has 36 heavy (non-hydrogen) atoms. The van der Waals surface area contributed by atoms with Crippen molar-refractivity contribution in [2.24, 2.45) is 0 Å². The highest BCUT2D eigenvalue weighted by Gasteiger charge is 2.21. The molecule has 2 heterocycles. The number of rotatable bonds is 5. The first-order valence-electron chi connectivity index (χ1n) is 11.6. The second-order valence-corrected chi connectivity index (χ2v) is 9.42. The maximum absolute atomic E-state index is 13.6. The second-order valence-electron chi connectivity index (χ2n) is 8.99. The Hall–Kier alpha value is -3.88. The van der Waals surface area contributed by atoms with Crippen LogP contribution in [0.25, 0.3) is 16.7 Å². The summed E-state index contributed by atoms with van der Waals surface area (Å²) in [6.07, 6.45) is 0. The minimum atomic E-state index is -1.02. The number of carbonyl (C=O) groups is 2. The van der Waals surface area contributed by atoms with Crippen LogP contribution in [0.3, 0.4) is 0 Å². The van der Waals surface area contributed by atoms with Gasteiger partial charge in [-0.25, -0.2) is 9.59 Å². The number of carbonyl (C=O) groups excluding carboxylic acids is 1. The van der Waals surface area contributed by atoms with E-state index in [0.717, 1.165) is 13.1 Å². The summed E-state index contributed by atoms with van der Waals surface area (Å²) in [5.41, 5.74) is 3.05. The van der Waals surface area contributed by atoms with Gasteiger partial charge >= 0.3 is 11.7 Å². The molecule has 1 N–H and O–H groups in total. The molecule has 0 spiro atoms. The van der Waals surface area contributed by atoms with Crippen molar-refractivity contribution < 1.29 is 14.7 Å². The zero-order valence-electron chi connectivity index (χ0n) is 19.7. The summed E-state index contributed by atoms with van der Waals surface area (Å²) in [6.45, 7) is 3.26. The molecule has 1 saturated heterocycles. The Labute approximate surface area is 212 Å². The Morgan fingerprint density at radius 3 is 2.31 bits per heavy atom. The number of fused-ring (bicyclic) bond motifs is 1. The van der Waals surface area contributed by atoms with Crippen LogP contribution in [0, 0.1) is 0 Å². The normalized spacial score (nSPS) is 14.3. The summed E-state index contributed by atoms with van der Waals surface area (Å²) < 4.78 is 3.16. The standard InChI is InChI=1S/C27H25ClN4O4/c1-29-11-13-30(14-12-29)25(33)19-5-8-22(9-6-19)32-24-16-21(28)7-10-23(24)31(27(32)36)17-18-3-2-4-20(15-18)26(34)35/h2-10,15-16H,11-14,17H2,1H3,(H,34,35). The van der Waals surface area contributed by atoms with Gasteiger partial charge in [0.2, 0.25) is 0 Å². The van der Waals surface area contributed by atoms with Crippen LogP contribution >= 0.6 is 11.6 Å². The number of likely N-dealkylation sites (N-methyl/N-ethyl adjacent to an activating group) is 1. The van der Waals surface area contributed by atoms with Gasteiger partial charge in [-0.2, -0.15) is 0 Å². The van der Waals surface area contributed by atoms with Gasteiger partial charge in [-0.05, 0) is 67.2 Å². The maximum Gasteiger partial charge on any atom is 0.335 e. The van der Waals surface area contributed by atoms with Crippen LogP contribution in [0.15, 0.2) is 71.5 Å². The van der Waals surface area contributed by atoms with Gasteiger partial charge in [-0.1, -0.05) is 23.7 Å². The van der Waals surface area contributed by atoms with E-state index in [2.05, 4.69) is 4.90 Å². The van der Waals surface area contributed by atoms with Crippen molar-refractivity contribution in [1.82, 2.24) is 18.9 Å². The number of carboxylic acid groups (broad SMARTS) is 1. The van der Waals surface area contributed by atoms with Crippen LogP contribution in [-0.4, -0.2) is 69.1 Å². The summed E-state index contributed by atoms with van der Waals surface area (Å²) >= 11 is 6.28. The number of carboxylic acids is 1. The minimum absolute atomic E-state index is 0.0224. The molecule has 0 bridgehead atoms. The van der Waals surface area contributed by atoms with Crippen LogP contribution in [0.5, 0.6) is 0 Å². The zero-order valence-corrected chi connectivity index (χ0v) is 20.5. The van der Waals surface area contributed by atoms with E-state index in [1.807, 2.05) is 11.9 Å². The molecule has 1 aliphatic rings. The number of aromatic carboxylic acids is 1. The van der Waals surface area contributed by atoms with E-state index >= 15 is 0 Å². The van der Waals surface area contributed by atoms with E-state index < -0.39 is 5.97 Å². The number of hydrogen-bond acceptors (Lipinski definition) is 4. The number of piperazine rings is 1. The summed E-state index contributed by atoms with van der Waals surface area (Å²) in [7, 11) is 2.04. The van der Waals surface area contributed by atoms with E-state index in [9.17, 15) is 19.5 Å². The molecule has 8 nitrogen and oxygen atoms in total. The Balaban J connectivity index is 1.52.